The van der Waals surface area contributed by atoms with Crippen molar-refractivity contribution < 1.29 is 156 Å². The van der Waals surface area contributed by atoms with Gasteiger partial charge in [-0.15, -0.1) is 13.2 Å². The summed E-state index contributed by atoms with van der Waals surface area (Å²) >= 11 is 0. The first-order chi connectivity index (χ1) is 36.2. The molecule has 0 saturated carbocycles. The SMILES string of the molecule is CC(F)(F)C(F)(F)OCC(O)CC1CCS(=O)(=O)CC1.O=S1(=O)CCC(CC(O)COC(F)(F)C(F)(F)CC(F)(F)F)CC1.O=S1(=O)CCC(CC(O)COC(F)(F)C(F)(F)F)CC1.O=S1(=O)CCC(CC(O)COC(F)(F)F)CC1. The molecule has 4 rings (SSSR count). The molecule has 0 amide bonds. The monoisotopic (exact) mass is 1310 g/mol. The van der Waals surface area contributed by atoms with E-state index < -0.39 is 145 Å². The third kappa shape index (κ3) is 31.9. The number of hydrogen-bond acceptors (Lipinski definition) is 16. The lowest BCUT2D eigenvalue weighted by Crippen LogP contribution is -2.47. The van der Waals surface area contributed by atoms with E-state index in [0.717, 1.165) is 0 Å². The number of alkyl halides is 19. The van der Waals surface area contributed by atoms with Crippen molar-refractivity contribution in [3.8, 4) is 0 Å². The number of aliphatic hydroxyl groups excluding tert-OH is 4. The van der Waals surface area contributed by atoms with Crippen LogP contribution in [0.4, 0.5) is 83.4 Å². The van der Waals surface area contributed by atoms with Crippen LogP contribution in [0.15, 0.2) is 0 Å². The largest absolute Gasteiger partial charge is 0.522 e. The molecule has 4 N–H and O–H groups in total. The van der Waals surface area contributed by atoms with Gasteiger partial charge in [0.25, 0.3) is 0 Å². The predicted molar refractivity (Wildman–Crippen MR) is 245 cm³/mol. The highest BCUT2D eigenvalue weighted by Gasteiger charge is 2.63. The third-order valence-electron chi connectivity index (χ3n) is 12.6. The lowest BCUT2D eigenvalue weighted by Gasteiger charge is -2.29. The van der Waals surface area contributed by atoms with Crippen molar-refractivity contribution in [2.75, 3.05) is 72.5 Å². The molecular formula is C42H65F19O16S4. The van der Waals surface area contributed by atoms with Crippen LogP contribution in [0.3, 0.4) is 0 Å². The summed E-state index contributed by atoms with van der Waals surface area (Å²) in [4.78, 5) is 0. The van der Waals surface area contributed by atoms with Crippen LogP contribution < -0.4 is 0 Å². The molecule has 0 aromatic rings. The minimum Gasteiger partial charge on any atom is -0.391 e. The Balaban J connectivity index is 0.000000544. The Hall–Kier alpha value is -1.85. The molecule has 4 unspecified atom stereocenters. The summed E-state index contributed by atoms with van der Waals surface area (Å²) in [6.45, 7) is -4.13. The molecule has 0 aliphatic carbocycles. The van der Waals surface area contributed by atoms with Gasteiger partial charge in [-0.1, -0.05) is 0 Å². The quantitative estimate of drug-likeness (QED) is 0.0770. The first kappa shape index (κ1) is 77.2. The van der Waals surface area contributed by atoms with Crippen molar-refractivity contribution in [3.05, 3.63) is 0 Å². The molecule has 486 valence electrons. The van der Waals surface area contributed by atoms with Gasteiger partial charge in [0.15, 0.2) is 0 Å². The molecule has 0 bridgehead atoms. The number of sulfone groups is 4. The smallest absolute Gasteiger partial charge is 0.391 e. The normalized spacial score (nSPS) is 22.6. The average molecular weight is 1320 g/mol. The van der Waals surface area contributed by atoms with E-state index in [2.05, 4.69) is 18.9 Å². The van der Waals surface area contributed by atoms with Crippen LogP contribution in [0.25, 0.3) is 0 Å². The van der Waals surface area contributed by atoms with Crippen LogP contribution in [0.5, 0.6) is 0 Å². The summed E-state index contributed by atoms with van der Waals surface area (Å²) in [5, 5.41) is 37.7. The third-order valence-corrected chi connectivity index (χ3v) is 19.5. The highest BCUT2D eigenvalue weighted by atomic mass is 32.2. The molecule has 0 aromatic carbocycles. The second kappa shape index (κ2) is 30.7. The fourth-order valence-corrected chi connectivity index (χ4v) is 14.3. The molecular weight excluding hydrogens is 1250 g/mol. The average Bonchev–Trinajstić information content (AvgIpc) is 3.28. The summed E-state index contributed by atoms with van der Waals surface area (Å²) in [5.74, 6) is -10.8. The van der Waals surface area contributed by atoms with Crippen LogP contribution in [0.2, 0.25) is 0 Å². The zero-order valence-corrected chi connectivity index (χ0v) is 46.1. The van der Waals surface area contributed by atoms with Gasteiger partial charge < -0.3 is 34.6 Å². The summed E-state index contributed by atoms with van der Waals surface area (Å²) < 4.78 is 337. The lowest BCUT2D eigenvalue weighted by atomic mass is 9.96. The molecule has 0 spiro atoms. The molecule has 81 heavy (non-hydrogen) atoms. The van der Waals surface area contributed by atoms with Gasteiger partial charge >= 0.3 is 48.9 Å². The second-order valence-corrected chi connectivity index (χ2v) is 29.3. The molecule has 16 nitrogen and oxygen atoms in total. The summed E-state index contributed by atoms with van der Waals surface area (Å²) in [5.41, 5.74) is 0. The van der Waals surface area contributed by atoms with E-state index in [1.165, 1.54) is 0 Å². The Morgan fingerprint density at radius 3 is 0.802 bits per heavy atom. The van der Waals surface area contributed by atoms with E-state index in [1.807, 2.05) is 0 Å². The minimum atomic E-state index is -5.83. The zero-order chi connectivity index (χ0) is 63.1. The lowest BCUT2D eigenvalue weighted by molar-refractivity contribution is -0.394. The minimum absolute atomic E-state index is 0.00552. The Morgan fingerprint density at radius 2 is 0.593 bits per heavy atom. The number of hydrogen-bond donors (Lipinski definition) is 4. The second-order valence-electron chi connectivity index (χ2n) is 20.1. The Bertz CT molecular complexity index is 2200. The van der Waals surface area contributed by atoms with Crippen molar-refractivity contribution in [1.82, 2.24) is 0 Å². The standard InChI is InChI=1S/C12H17F7O4S.C11H18F4O4S.C10H15F5O4S.C9H15F3O4S/c13-10(14,7-11(15,16)17)12(18,19)23-6-9(20)5-8-1-3-24(21,22)4-2-8;1-10(12,13)11(14,15)19-7-9(16)6-8-2-4-20(17,18)5-3-8;11-9(12,13)10(14,15)19-6-8(16)5-7-1-3-20(17,18)4-2-7;10-9(11,12)16-6-8(13)5-7-1-3-17(14,15)4-2-7/h8-9,20H,1-7H2;8-9,16H,2-7H2,1H3;7-8,16H,1-6H2;7-8,13H,1-6H2. The van der Waals surface area contributed by atoms with Crippen molar-refractivity contribution in [1.29, 1.82) is 0 Å². The highest BCUT2D eigenvalue weighted by molar-refractivity contribution is 7.92. The molecule has 4 saturated heterocycles. The van der Waals surface area contributed by atoms with Crippen molar-refractivity contribution in [3.63, 3.8) is 0 Å². The van der Waals surface area contributed by atoms with Crippen molar-refractivity contribution in [2.45, 2.75) is 164 Å². The van der Waals surface area contributed by atoms with Gasteiger partial charge in [0.1, 0.15) is 45.8 Å². The van der Waals surface area contributed by atoms with Crippen molar-refractivity contribution in [2.24, 2.45) is 23.7 Å². The number of halogens is 19. The summed E-state index contributed by atoms with van der Waals surface area (Å²) in [7, 11) is -12.3. The number of rotatable bonds is 22. The predicted octanol–water partition coefficient (Wildman–Crippen LogP) is 7.42. The van der Waals surface area contributed by atoms with E-state index >= 15 is 0 Å². The van der Waals surface area contributed by atoms with Crippen LogP contribution in [-0.4, -0.2) is 200 Å². The van der Waals surface area contributed by atoms with Gasteiger partial charge in [-0.2, -0.15) is 70.2 Å². The van der Waals surface area contributed by atoms with E-state index in [0.29, 0.717) is 25.7 Å². The fraction of sp³-hybridized carbons (Fsp3) is 1.00. The van der Waals surface area contributed by atoms with Gasteiger partial charge in [-0.05, 0) is 101 Å². The Labute approximate surface area is 454 Å². The first-order valence-electron chi connectivity index (χ1n) is 24.4. The van der Waals surface area contributed by atoms with Gasteiger partial charge in [0.2, 0.25) is 0 Å². The first-order valence-corrected chi connectivity index (χ1v) is 31.6. The molecule has 4 heterocycles. The molecule has 4 aliphatic rings. The van der Waals surface area contributed by atoms with Gasteiger partial charge in [-0.3, -0.25) is 4.74 Å². The van der Waals surface area contributed by atoms with E-state index in [9.17, 15) is 138 Å². The summed E-state index contributed by atoms with van der Waals surface area (Å²) in [6.07, 6.45) is -37.8. The molecule has 39 heteroatoms. The zero-order valence-electron chi connectivity index (χ0n) is 42.8. The molecule has 0 radical (unpaired) electrons. The maximum Gasteiger partial charge on any atom is 0.522 e. The highest BCUT2D eigenvalue weighted by Crippen LogP contribution is 2.44. The molecule has 4 aliphatic heterocycles. The van der Waals surface area contributed by atoms with E-state index in [-0.39, 0.29) is 128 Å². The van der Waals surface area contributed by atoms with Crippen molar-refractivity contribution >= 4 is 39.3 Å². The Kier molecular flexibility index (Phi) is 29.2. The van der Waals surface area contributed by atoms with E-state index in [4.69, 9.17) is 0 Å². The molecule has 0 aromatic heterocycles. The van der Waals surface area contributed by atoms with Gasteiger partial charge in [0, 0.05) is 6.92 Å². The van der Waals surface area contributed by atoms with Crippen LogP contribution in [0, 0.1) is 23.7 Å². The van der Waals surface area contributed by atoms with Crippen LogP contribution >= 0.6 is 0 Å². The number of ether oxygens (including phenoxy) is 4. The van der Waals surface area contributed by atoms with E-state index in [1.54, 1.807) is 0 Å². The van der Waals surface area contributed by atoms with Crippen LogP contribution in [-0.2, 0) is 58.3 Å². The topological polar surface area (TPSA) is 254 Å². The van der Waals surface area contributed by atoms with Gasteiger partial charge in [0.05, 0.1) is 96.9 Å². The van der Waals surface area contributed by atoms with Crippen LogP contribution in [0.1, 0.15) is 90.4 Å². The summed E-state index contributed by atoms with van der Waals surface area (Å²) in [6, 6.07) is 0. The molecule has 4 atom stereocenters. The molecule has 4 fully saturated rings. The Morgan fingerprint density at radius 1 is 0.370 bits per heavy atom. The maximum absolute atomic E-state index is 13.1. The number of aliphatic hydroxyl groups is 4. The fourth-order valence-electron chi connectivity index (χ4n) is 7.97. The maximum atomic E-state index is 13.1. The van der Waals surface area contributed by atoms with Gasteiger partial charge in [-0.25, -0.2) is 33.7 Å².